The molecule has 0 heterocycles. The summed E-state index contributed by atoms with van der Waals surface area (Å²) in [6.45, 7) is 8.83. The Kier molecular flexibility index (Phi) is 10.7. The van der Waals surface area contributed by atoms with E-state index in [2.05, 4.69) is 5.32 Å². The van der Waals surface area contributed by atoms with Gasteiger partial charge in [-0.2, -0.15) is 0 Å². The van der Waals surface area contributed by atoms with Crippen molar-refractivity contribution in [2.45, 2.75) is 64.1 Å². The minimum absolute atomic E-state index is 0.000192. The van der Waals surface area contributed by atoms with Gasteiger partial charge in [0.15, 0.2) is 0 Å². The Hall–Kier alpha value is -4.14. The number of aryl methyl sites for hydroxylation is 2. The average Bonchev–Trinajstić information content (AvgIpc) is 2.98. The first kappa shape index (κ1) is 33.7. The summed E-state index contributed by atoms with van der Waals surface area (Å²) in [5.41, 5.74) is 3.01. The van der Waals surface area contributed by atoms with Crippen LogP contribution in [0.4, 0.5) is 5.69 Å². The number of sulfonamides is 1. The third-order valence-corrected chi connectivity index (χ3v) is 9.40. The highest BCUT2D eigenvalue weighted by Crippen LogP contribution is 2.27. The van der Waals surface area contributed by atoms with E-state index < -0.39 is 34.1 Å². The van der Waals surface area contributed by atoms with Crippen LogP contribution < -0.4 is 9.62 Å². The Morgan fingerprint density at radius 3 is 2.09 bits per heavy atom. The zero-order valence-electron chi connectivity index (χ0n) is 26.3. The fourth-order valence-corrected chi connectivity index (χ4v) is 6.57. The fourth-order valence-electron chi connectivity index (χ4n) is 4.97. The summed E-state index contributed by atoms with van der Waals surface area (Å²) >= 11 is 6.56. The van der Waals surface area contributed by atoms with E-state index in [9.17, 15) is 18.0 Å². The third-order valence-electron chi connectivity index (χ3n) is 7.25. The highest BCUT2D eigenvalue weighted by atomic mass is 35.5. The van der Waals surface area contributed by atoms with Crippen LogP contribution in [0.15, 0.2) is 108 Å². The number of hydrogen-bond donors (Lipinski definition) is 1. The Labute approximate surface area is 271 Å². The highest BCUT2D eigenvalue weighted by molar-refractivity contribution is 7.92. The molecule has 1 unspecified atom stereocenters. The highest BCUT2D eigenvalue weighted by Gasteiger charge is 2.36. The number of nitrogens with zero attached hydrogens (tertiary/aromatic N) is 2. The zero-order chi connectivity index (χ0) is 32.8. The summed E-state index contributed by atoms with van der Waals surface area (Å²) in [6.07, 6.45) is 0.216. The largest absolute Gasteiger partial charge is 0.350 e. The Bertz CT molecular complexity index is 1740. The van der Waals surface area contributed by atoms with Crippen molar-refractivity contribution in [1.82, 2.24) is 10.2 Å². The number of halogens is 1. The molecule has 4 aromatic carbocycles. The number of hydrogen-bond acceptors (Lipinski definition) is 4. The molecule has 4 aromatic rings. The normalized spacial score (nSPS) is 12.3. The molecule has 0 radical (unpaired) electrons. The predicted octanol–water partition coefficient (Wildman–Crippen LogP) is 6.71. The summed E-state index contributed by atoms with van der Waals surface area (Å²) in [5, 5.41) is 3.47. The predicted molar refractivity (Wildman–Crippen MR) is 181 cm³/mol. The molecule has 45 heavy (non-hydrogen) atoms. The van der Waals surface area contributed by atoms with Gasteiger partial charge in [-0.05, 0) is 81.6 Å². The maximum absolute atomic E-state index is 14.6. The van der Waals surface area contributed by atoms with Crippen LogP contribution in [0.1, 0.15) is 43.0 Å². The maximum atomic E-state index is 14.6. The van der Waals surface area contributed by atoms with E-state index in [1.165, 1.54) is 17.0 Å². The van der Waals surface area contributed by atoms with Crippen LogP contribution in [0.25, 0.3) is 0 Å². The first-order valence-corrected chi connectivity index (χ1v) is 16.6. The minimum atomic E-state index is -4.17. The Balaban J connectivity index is 1.83. The van der Waals surface area contributed by atoms with Crippen molar-refractivity contribution in [3.05, 3.63) is 130 Å². The molecule has 0 aromatic heterocycles. The molecule has 0 aliphatic heterocycles. The molecule has 2 amide bonds. The molecule has 0 spiro atoms. The second kappa shape index (κ2) is 14.3. The molecule has 236 valence electrons. The van der Waals surface area contributed by atoms with E-state index in [0.29, 0.717) is 16.3 Å². The van der Waals surface area contributed by atoms with Gasteiger partial charge in [-0.15, -0.1) is 0 Å². The molecule has 0 aliphatic rings. The van der Waals surface area contributed by atoms with Gasteiger partial charge in [-0.3, -0.25) is 13.9 Å². The molecule has 9 heteroatoms. The number of anilines is 1. The van der Waals surface area contributed by atoms with Crippen LogP contribution in [0.2, 0.25) is 5.02 Å². The zero-order valence-corrected chi connectivity index (χ0v) is 27.9. The van der Waals surface area contributed by atoms with E-state index in [1.807, 2.05) is 77.1 Å². The lowest BCUT2D eigenvalue weighted by Gasteiger charge is -2.35. The molecule has 4 rings (SSSR count). The van der Waals surface area contributed by atoms with E-state index >= 15 is 0 Å². The maximum Gasteiger partial charge on any atom is 0.264 e. The third kappa shape index (κ3) is 8.96. The number of rotatable bonds is 11. The van der Waals surface area contributed by atoms with Crippen LogP contribution in [0.5, 0.6) is 0 Å². The van der Waals surface area contributed by atoms with Gasteiger partial charge in [0.05, 0.1) is 10.6 Å². The van der Waals surface area contributed by atoms with Gasteiger partial charge in [0.25, 0.3) is 10.0 Å². The SMILES string of the molecule is Cc1ccc(S(=O)(=O)N(CC(=O)N(Cc2ccccc2Cl)C(Cc2ccccc2)C(=O)NC(C)(C)C)c2cccc(C)c2)cc1. The molecule has 1 atom stereocenters. The molecule has 1 N–H and O–H groups in total. The summed E-state index contributed by atoms with van der Waals surface area (Å²) in [5.74, 6) is -0.896. The first-order valence-electron chi connectivity index (χ1n) is 14.8. The van der Waals surface area contributed by atoms with Crippen LogP contribution in [0, 0.1) is 13.8 Å². The van der Waals surface area contributed by atoms with Crippen molar-refractivity contribution < 1.29 is 18.0 Å². The number of nitrogens with one attached hydrogen (secondary N) is 1. The average molecular weight is 646 g/mol. The number of carbonyl (C=O) groups is 2. The quantitative estimate of drug-likeness (QED) is 0.197. The lowest BCUT2D eigenvalue weighted by molar-refractivity contribution is -0.140. The standard InChI is InChI=1S/C36H40ClN3O4S/c1-26-18-20-31(21-19-26)45(43,44)40(30-16-11-12-27(2)22-30)25-34(41)39(24-29-15-9-10-17-32(29)37)33(35(42)38-36(3,4)5)23-28-13-7-6-8-14-28/h6-22,33H,23-25H2,1-5H3,(H,38,42). The molecule has 0 bridgehead atoms. The molecule has 0 fully saturated rings. The van der Waals surface area contributed by atoms with Crippen molar-refractivity contribution in [2.24, 2.45) is 0 Å². The Morgan fingerprint density at radius 1 is 0.822 bits per heavy atom. The molecular formula is C36H40ClN3O4S. The van der Waals surface area contributed by atoms with E-state index in [4.69, 9.17) is 11.6 Å². The second-order valence-electron chi connectivity index (χ2n) is 12.2. The number of amides is 2. The van der Waals surface area contributed by atoms with Crippen molar-refractivity contribution in [2.75, 3.05) is 10.8 Å². The lowest BCUT2D eigenvalue weighted by Crippen LogP contribution is -2.56. The van der Waals surface area contributed by atoms with Gasteiger partial charge >= 0.3 is 0 Å². The van der Waals surface area contributed by atoms with E-state index in [-0.39, 0.29) is 23.8 Å². The van der Waals surface area contributed by atoms with E-state index in [1.54, 1.807) is 48.5 Å². The van der Waals surface area contributed by atoms with Crippen LogP contribution in [0.3, 0.4) is 0 Å². The van der Waals surface area contributed by atoms with E-state index in [0.717, 1.165) is 21.0 Å². The van der Waals surface area contributed by atoms with Crippen molar-refractivity contribution in [1.29, 1.82) is 0 Å². The fraction of sp³-hybridized carbons (Fsp3) is 0.278. The summed E-state index contributed by atoms with van der Waals surface area (Å²) in [7, 11) is -4.17. The molecule has 0 saturated carbocycles. The van der Waals surface area contributed by atoms with Crippen molar-refractivity contribution in [3.63, 3.8) is 0 Å². The Morgan fingerprint density at radius 2 is 1.47 bits per heavy atom. The first-order chi connectivity index (χ1) is 21.2. The number of carbonyl (C=O) groups excluding carboxylic acids is 2. The minimum Gasteiger partial charge on any atom is -0.350 e. The molecular weight excluding hydrogens is 606 g/mol. The van der Waals surface area contributed by atoms with Crippen LogP contribution >= 0.6 is 11.6 Å². The second-order valence-corrected chi connectivity index (χ2v) is 14.5. The number of benzene rings is 4. The van der Waals surface area contributed by atoms with Gasteiger partial charge < -0.3 is 10.2 Å². The van der Waals surface area contributed by atoms with Crippen molar-refractivity contribution in [3.8, 4) is 0 Å². The van der Waals surface area contributed by atoms with Gasteiger partial charge in [0, 0.05) is 23.5 Å². The molecule has 0 aliphatic carbocycles. The van der Waals surface area contributed by atoms with Gasteiger partial charge in [-0.1, -0.05) is 90.0 Å². The molecule has 0 saturated heterocycles. The van der Waals surface area contributed by atoms with Crippen molar-refractivity contribution >= 4 is 39.1 Å². The topological polar surface area (TPSA) is 86.8 Å². The van der Waals surface area contributed by atoms with Gasteiger partial charge in [-0.25, -0.2) is 8.42 Å². The van der Waals surface area contributed by atoms with Crippen LogP contribution in [-0.4, -0.2) is 43.3 Å². The van der Waals surface area contributed by atoms with Gasteiger partial charge in [0.2, 0.25) is 11.8 Å². The lowest BCUT2D eigenvalue weighted by atomic mass is 10.0. The van der Waals surface area contributed by atoms with Crippen LogP contribution in [-0.2, 0) is 32.6 Å². The summed E-state index contributed by atoms with van der Waals surface area (Å²) < 4.78 is 29.4. The summed E-state index contributed by atoms with van der Waals surface area (Å²) in [6, 6.07) is 29.1. The summed E-state index contributed by atoms with van der Waals surface area (Å²) in [4.78, 5) is 30.0. The molecule has 7 nitrogen and oxygen atoms in total. The van der Waals surface area contributed by atoms with Gasteiger partial charge in [0.1, 0.15) is 12.6 Å². The monoisotopic (exact) mass is 645 g/mol. The smallest absolute Gasteiger partial charge is 0.264 e.